The summed E-state index contributed by atoms with van der Waals surface area (Å²) in [5.41, 5.74) is 8.73. The number of hydrogen-bond acceptors (Lipinski definition) is 2. The second kappa shape index (κ2) is 5.03. The molecule has 90 valence electrons. The van der Waals surface area contributed by atoms with E-state index < -0.39 is 0 Å². The molecular weight excluding hydrogens is 226 g/mol. The van der Waals surface area contributed by atoms with Crippen molar-refractivity contribution in [2.24, 2.45) is 5.73 Å². The van der Waals surface area contributed by atoms with Gasteiger partial charge in [0.2, 0.25) is 0 Å². The number of thiophene rings is 1. The average Bonchev–Trinajstić information content (AvgIpc) is 2.83. The van der Waals surface area contributed by atoms with E-state index in [4.69, 9.17) is 5.73 Å². The fourth-order valence-corrected chi connectivity index (χ4v) is 3.06. The third-order valence-corrected chi connectivity index (χ3v) is 4.42. The van der Waals surface area contributed by atoms with E-state index >= 15 is 0 Å². The molecule has 1 atom stereocenters. The van der Waals surface area contributed by atoms with Gasteiger partial charge in [-0.2, -0.15) is 0 Å². The van der Waals surface area contributed by atoms with Crippen LogP contribution in [0.15, 0.2) is 41.8 Å². The molecule has 1 unspecified atom stereocenters. The van der Waals surface area contributed by atoms with Crippen LogP contribution in [-0.2, 0) is 11.8 Å². The third-order valence-electron chi connectivity index (χ3n) is 3.24. The summed E-state index contributed by atoms with van der Waals surface area (Å²) in [4.78, 5) is 1.38. The van der Waals surface area contributed by atoms with Crippen molar-refractivity contribution in [1.82, 2.24) is 0 Å². The molecule has 0 radical (unpaired) electrons. The van der Waals surface area contributed by atoms with Gasteiger partial charge in [0.05, 0.1) is 0 Å². The second-order valence-corrected chi connectivity index (χ2v) is 5.86. The minimum Gasteiger partial charge on any atom is -0.330 e. The van der Waals surface area contributed by atoms with Gasteiger partial charge < -0.3 is 5.73 Å². The Bertz CT molecular complexity index is 475. The number of aryl methyl sites for hydroxylation is 1. The van der Waals surface area contributed by atoms with Crippen LogP contribution in [0, 0.1) is 6.92 Å². The summed E-state index contributed by atoms with van der Waals surface area (Å²) in [6.07, 6.45) is 1.01. The van der Waals surface area contributed by atoms with E-state index in [1.807, 2.05) is 0 Å². The van der Waals surface area contributed by atoms with Gasteiger partial charge in [-0.1, -0.05) is 42.8 Å². The number of nitrogens with two attached hydrogens (primary N) is 1. The van der Waals surface area contributed by atoms with Crippen LogP contribution in [0.2, 0.25) is 0 Å². The summed E-state index contributed by atoms with van der Waals surface area (Å²) >= 11 is 1.80. The zero-order chi connectivity index (χ0) is 12.3. The van der Waals surface area contributed by atoms with E-state index in [-0.39, 0.29) is 5.41 Å². The summed E-state index contributed by atoms with van der Waals surface area (Å²) in [7, 11) is 0. The summed E-state index contributed by atoms with van der Waals surface area (Å²) in [6.45, 7) is 5.07. The molecule has 0 saturated carbocycles. The van der Waals surface area contributed by atoms with Crippen LogP contribution in [0.3, 0.4) is 0 Å². The van der Waals surface area contributed by atoms with E-state index in [0.717, 1.165) is 6.42 Å². The van der Waals surface area contributed by atoms with E-state index in [9.17, 15) is 0 Å². The zero-order valence-corrected chi connectivity index (χ0v) is 11.3. The van der Waals surface area contributed by atoms with Gasteiger partial charge in [-0.15, -0.1) is 11.3 Å². The highest BCUT2D eigenvalue weighted by Gasteiger charge is 2.26. The lowest BCUT2D eigenvalue weighted by Gasteiger charge is -2.27. The van der Waals surface area contributed by atoms with Crippen molar-refractivity contribution in [3.05, 3.63) is 57.8 Å². The van der Waals surface area contributed by atoms with Crippen LogP contribution < -0.4 is 5.73 Å². The van der Waals surface area contributed by atoms with E-state index in [0.29, 0.717) is 6.54 Å². The Morgan fingerprint density at radius 3 is 2.65 bits per heavy atom. The molecule has 0 aliphatic carbocycles. The molecule has 1 nitrogen and oxygen atoms in total. The molecule has 0 bridgehead atoms. The van der Waals surface area contributed by atoms with Gasteiger partial charge in [0, 0.05) is 16.8 Å². The molecule has 0 aliphatic rings. The minimum atomic E-state index is 0.0575. The van der Waals surface area contributed by atoms with Gasteiger partial charge in [0.1, 0.15) is 0 Å². The molecule has 1 heterocycles. The van der Waals surface area contributed by atoms with Crippen LogP contribution in [-0.4, -0.2) is 6.54 Å². The van der Waals surface area contributed by atoms with Crippen LogP contribution in [0.25, 0.3) is 0 Å². The Balaban J connectivity index is 2.26. The molecule has 1 aromatic heterocycles. The standard InChI is InChI=1S/C15H19NS/c1-12-5-3-6-13(9-12)10-15(2,11-16)14-7-4-8-17-14/h3-9H,10-11,16H2,1-2H3. The summed E-state index contributed by atoms with van der Waals surface area (Å²) in [6, 6.07) is 13.0. The third kappa shape index (κ3) is 2.76. The highest BCUT2D eigenvalue weighted by molar-refractivity contribution is 7.10. The van der Waals surface area contributed by atoms with Crippen LogP contribution in [0.5, 0.6) is 0 Å². The molecule has 2 aromatic rings. The lowest BCUT2D eigenvalue weighted by atomic mass is 9.82. The summed E-state index contributed by atoms with van der Waals surface area (Å²) in [5.74, 6) is 0. The highest BCUT2D eigenvalue weighted by atomic mass is 32.1. The van der Waals surface area contributed by atoms with Crippen molar-refractivity contribution in [3.63, 3.8) is 0 Å². The van der Waals surface area contributed by atoms with Gasteiger partial charge in [0.15, 0.2) is 0 Å². The SMILES string of the molecule is Cc1cccc(CC(C)(CN)c2cccs2)c1. The molecular formula is C15H19NS. The fourth-order valence-electron chi connectivity index (χ4n) is 2.15. The number of benzene rings is 1. The lowest BCUT2D eigenvalue weighted by Crippen LogP contribution is -2.33. The molecule has 17 heavy (non-hydrogen) atoms. The first kappa shape index (κ1) is 12.3. The monoisotopic (exact) mass is 245 g/mol. The molecule has 0 spiro atoms. The highest BCUT2D eigenvalue weighted by Crippen LogP contribution is 2.30. The molecule has 0 amide bonds. The molecule has 2 N–H and O–H groups in total. The normalized spacial score (nSPS) is 14.5. The Hall–Kier alpha value is -1.12. The Morgan fingerprint density at radius 2 is 2.06 bits per heavy atom. The second-order valence-electron chi connectivity index (χ2n) is 4.91. The Kier molecular flexibility index (Phi) is 3.65. The van der Waals surface area contributed by atoms with E-state index in [1.165, 1.54) is 16.0 Å². The zero-order valence-electron chi connectivity index (χ0n) is 10.4. The smallest absolute Gasteiger partial charge is 0.0181 e. The van der Waals surface area contributed by atoms with Crippen molar-refractivity contribution in [1.29, 1.82) is 0 Å². The van der Waals surface area contributed by atoms with Crippen molar-refractivity contribution in [2.45, 2.75) is 25.7 Å². The molecule has 0 aliphatic heterocycles. The van der Waals surface area contributed by atoms with Crippen molar-refractivity contribution in [3.8, 4) is 0 Å². The van der Waals surface area contributed by atoms with E-state index in [1.54, 1.807) is 11.3 Å². The van der Waals surface area contributed by atoms with Crippen molar-refractivity contribution < 1.29 is 0 Å². The molecule has 1 aromatic carbocycles. The largest absolute Gasteiger partial charge is 0.330 e. The molecule has 2 heteroatoms. The summed E-state index contributed by atoms with van der Waals surface area (Å²) < 4.78 is 0. The van der Waals surface area contributed by atoms with Gasteiger partial charge >= 0.3 is 0 Å². The molecule has 0 saturated heterocycles. The Labute approximate surface area is 107 Å². The maximum atomic E-state index is 5.99. The minimum absolute atomic E-state index is 0.0575. The van der Waals surface area contributed by atoms with Crippen molar-refractivity contribution >= 4 is 11.3 Å². The first-order valence-corrected chi connectivity index (χ1v) is 6.82. The van der Waals surface area contributed by atoms with Crippen LogP contribution in [0.1, 0.15) is 22.9 Å². The fraction of sp³-hybridized carbons (Fsp3) is 0.333. The first-order chi connectivity index (χ1) is 8.14. The Morgan fingerprint density at radius 1 is 1.24 bits per heavy atom. The quantitative estimate of drug-likeness (QED) is 0.876. The maximum Gasteiger partial charge on any atom is 0.0181 e. The molecule has 2 rings (SSSR count). The van der Waals surface area contributed by atoms with Crippen molar-refractivity contribution in [2.75, 3.05) is 6.54 Å². The first-order valence-electron chi connectivity index (χ1n) is 5.94. The maximum absolute atomic E-state index is 5.99. The van der Waals surface area contributed by atoms with E-state index in [2.05, 4.69) is 55.6 Å². The van der Waals surface area contributed by atoms with Gasteiger partial charge in [-0.3, -0.25) is 0 Å². The van der Waals surface area contributed by atoms with Crippen LogP contribution >= 0.6 is 11.3 Å². The van der Waals surface area contributed by atoms with Gasteiger partial charge in [-0.05, 0) is 30.4 Å². The summed E-state index contributed by atoms with van der Waals surface area (Å²) in [5, 5.41) is 2.12. The predicted octanol–water partition coefficient (Wildman–Crippen LogP) is 3.52. The van der Waals surface area contributed by atoms with Gasteiger partial charge in [0.25, 0.3) is 0 Å². The van der Waals surface area contributed by atoms with Crippen LogP contribution in [0.4, 0.5) is 0 Å². The lowest BCUT2D eigenvalue weighted by molar-refractivity contribution is 0.491. The topological polar surface area (TPSA) is 26.0 Å². The average molecular weight is 245 g/mol. The number of hydrogen-bond donors (Lipinski definition) is 1. The number of rotatable bonds is 4. The van der Waals surface area contributed by atoms with Gasteiger partial charge in [-0.25, -0.2) is 0 Å². The predicted molar refractivity (Wildman–Crippen MR) is 75.6 cm³/mol. The molecule has 0 fully saturated rings.